The summed E-state index contributed by atoms with van der Waals surface area (Å²) in [7, 11) is 0. The maximum Gasteiger partial charge on any atom is 0.454 e. The smallest absolute Gasteiger partial charge is 0.335 e. The lowest BCUT2D eigenvalue weighted by molar-refractivity contribution is -0.116. The van der Waals surface area contributed by atoms with E-state index in [-0.39, 0.29) is 23.5 Å². The Kier molecular flexibility index (Phi) is 5.02. The fourth-order valence-corrected chi connectivity index (χ4v) is 3.40. The van der Waals surface area contributed by atoms with Crippen LogP contribution < -0.4 is 5.32 Å². The first-order valence-corrected chi connectivity index (χ1v) is 8.66. The summed E-state index contributed by atoms with van der Waals surface area (Å²) in [6.07, 6.45) is -4.99. The van der Waals surface area contributed by atoms with E-state index in [4.69, 9.17) is 0 Å². The number of anilines is 1. The lowest BCUT2D eigenvalue weighted by Crippen LogP contribution is -2.24. The van der Waals surface area contributed by atoms with Gasteiger partial charge in [0.15, 0.2) is 0 Å². The molecule has 0 unspecified atom stereocenters. The van der Waals surface area contributed by atoms with Crippen molar-refractivity contribution in [2.75, 3.05) is 5.32 Å². The van der Waals surface area contributed by atoms with Crippen LogP contribution in [0.4, 0.5) is 18.9 Å². The van der Waals surface area contributed by atoms with E-state index in [9.17, 15) is 22.8 Å². The second kappa shape index (κ2) is 7.14. The number of aromatic nitrogens is 1. The number of amides is 1. The van der Waals surface area contributed by atoms with Gasteiger partial charge < -0.3 is 9.88 Å². The standard InChI is InChI=1S/C21H19F3N2O2/c1-12-7-6-8-13(2)19(12)25-17(27)11-26-14(3)18(20(28)21(22,23)24)15-9-4-5-10-16(15)26/h4-10H,11H2,1-3H3,(H,25,27). The topological polar surface area (TPSA) is 51.1 Å². The molecule has 7 heteroatoms. The summed E-state index contributed by atoms with van der Waals surface area (Å²) in [6, 6.07) is 11.9. The SMILES string of the molecule is Cc1cccc(C)c1NC(=O)Cn1c(C)c(C(=O)C(F)(F)F)c2ccccc21. The van der Waals surface area contributed by atoms with Crippen LogP contribution in [0.3, 0.4) is 0 Å². The number of carbonyl (C=O) groups is 2. The summed E-state index contributed by atoms with van der Waals surface area (Å²) in [5, 5.41) is 3.00. The fourth-order valence-electron chi connectivity index (χ4n) is 3.40. The molecule has 1 amide bonds. The molecule has 0 aliphatic rings. The molecule has 0 saturated carbocycles. The van der Waals surface area contributed by atoms with Gasteiger partial charge >= 0.3 is 6.18 Å². The van der Waals surface area contributed by atoms with Crippen LogP contribution in [-0.2, 0) is 11.3 Å². The summed E-state index contributed by atoms with van der Waals surface area (Å²) in [5.41, 5.74) is 2.55. The highest BCUT2D eigenvalue weighted by molar-refractivity contribution is 6.12. The van der Waals surface area contributed by atoms with Crippen LogP contribution in [0, 0.1) is 20.8 Å². The van der Waals surface area contributed by atoms with Crippen LogP contribution >= 0.6 is 0 Å². The monoisotopic (exact) mass is 388 g/mol. The van der Waals surface area contributed by atoms with Gasteiger partial charge in [-0.3, -0.25) is 9.59 Å². The van der Waals surface area contributed by atoms with E-state index >= 15 is 0 Å². The molecule has 3 aromatic rings. The van der Waals surface area contributed by atoms with Gasteiger partial charge in [0.1, 0.15) is 6.54 Å². The van der Waals surface area contributed by atoms with Gasteiger partial charge in [-0.2, -0.15) is 13.2 Å². The van der Waals surface area contributed by atoms with Crippen molar-refractivity contribution in [1.29, 1.82) is 0 Å². The molecule has 146 valence electrons. The Morgan fingerprint density at radius 3 is 2.18 bits per heavy atom. The first kappa shape index (κ1) is 19.7. The van der Waals surface area contributed by atoms with Crippen molar-refractivity contribution in [3.8, 4) is 0 Å². The van der Waals surface area contributed by atoms with Crippen molar-refractivity contribution in [2.45, 2.75) is 33.5 Å². The second-order valence-corrected chi connectivity index (χ2v) is 6.71. The number of fused-ring (bicyclic) bond motifs is 1. The first-order valence-electron chi connectivity index (χ1n) is 8.66. The number of halogens is 3. The minimum absolute atomic E-state index is 0.111. The number of aryl methyl sites for hydroxylation is 2. The molecule has 0 atom stereocenters. The van der Waals surface area contributed by atoms with Crippen LogP contribution in [0.2, 0.25) is 0 Å². The molecule has 0 aliphatic carbocycles. The van der Waals surface area contributed by atoms with Crippen molar-refractivity contribution >= 4 is 28.3 Å². The molecule has 1 N–H and O–H groups in total. The largest absolute Gasteiger partial charge is 0.454 e. The van der Waals surface area contributed by atoms with Gasteiger partial charge in [-0.05, 0) is 38.0 Å². The zero-order chi connectivity index (χ0) is 20.6. The Balaban J connectivity index is 2.01. The Bertz CT molecular complexity index is 1060. The minimum atomic E-state index is -4.99. The minimum Gasteiger partial charge on any atom is -0.335 e. The van der Waals surface area contributed by atoms with E-state index < -0.39 is 17.5 Å². The summed E-state index contributed by atoms with van der Waals surface area (Å²) < 4.78 is 40.6. The lowest BCUT2D eigenvalue weighted by atomic mass is 10.1. The first-order chi connectivity index (χ1) is 13.1. The summed E-state index contributed by atoms with van der Waals surface area (Å²) in [6.45, 7) is 4.94. The molecule has 0 aliphatic heterocycles. The number of benzene rings is 2. The number of para-hydroxylation sites is 2. The summed E-state index contributed by atoms with van der Waals surface area (Å²) in [5.74, 6) is -2.29. The van der Waals surface area contributed by atoms with Crippen molar-refractivity contribution in [3.05, 3.63) is 64.8 Å². The molecule has 28 heavy (non-hydrogen) atoms. The maximum atomic E-state index is 13.1. The number of rotatable bonds is 4. The number of Topliss-reactive ketones (excluding diaryl/α,β-unsaturated/α-hetero) is 1. The quantitative estimate of drug-likeness (QED) is 0.643. The zero-order valence-corrected chi connectivity index (χ0v) is 15.6. The molecule has 3 rings (SSSR count). The number of alkyl halides is 3. The average Bonchev–Trinajstić information content (AvgIpc) is 2.89. The zero-order valence-electron chi connectivity index (χ0n) is 15.6. The highest BCUT2D eigenvalue weighted by atomic mass is 19.4. The van der Waals surface area contributed by atoms with Crippen molar-refractivity contribution < 1.29 is 22.8 Å². The van der Waals surface area contributed by atoms with Crippen molar-refractivity contribution in [3.63, 3.8) is 0 Å². The summed E-state index contributed by atoms with van der Waals surface area (Å²) >= 11 is 0. The molecule has 0 fully saturated rings. The molecular weight excluding hydrogens is 369 g/mol. The Labute approximate surface area is 160 Å². The second-order valence-electron chi connectivity index (χ2n) is 6.71. The Hall–Kier alpha value is -3.09. The highest BCUT2D eigenvalue weighted by Crippen LogP contribution is 2.32. The Morgan fingerprint density at radius 1 is 0.964 bits per heavy atom. The summed E-state index contributed by atoms with van der Waals surface area (Å²) in [4.78, 5) is 24.6. The molecule has 0 saturated heterocycles. The van der Waals surface area contributed by atoms with E-state index in [1.807, 2.05) is 32.0 Å². The third kappa shape index (κ3) is 3.52. The van der Waals surface area contributed by atoms with Gasteiger partial charge in [0.2, 0.25) is 5.91 Å². The van der Waals surface area contributed by atoms with Crippen LogP contribution in [0.1, 0.15) is 27.2 Å². The predicted molar refractivity (Wildman–Crippen MR) is 102 cm³/mol. The van der Waals surface area contributed by atoms with Gasteiger partial charge in [-0.25, -0.2) is 0 Å². The molecule has 0 radical (unpaired) electrons. The molecule has 1 heterocycles. The molecule has 4 nitrogen and oxygen atoms in total. The van der Waals surface area contributed by atoms with Gasteiger partial charge in [0, 0.05) is 22.3 Å². The molecule has 0 bridgehead atoms. The van der Waals surface area contributed by atoms with Gasteiger partial charge in [0.25, 0.3) is 5.78 Å². The van der Waals surface area contributed by atoms with E-state index in [0.717, 1.165) is 11.1 Å². The van der Waals surface area contributed by atoms with E-state index in [1.165, 1.54) is 17.6 Å². The number of nitrogens with one attached hydrogen (secondary N) is 1. The van der Waals surface area contributed by atoms with Crippen LogP contribution in [-0.4, -0.2) is 22.4 Å². The molecule has 2 aromatic carbocycles. The number of hydrogen-bond donors (Lipinski definition) is 1. The third-order valence-electron chi connectivity index (χ3n) is 4.76. The van der Waals surface area contributed by atoms with Crippen LogP contribution in [0.25, 0.3) is 10.9 Å². The van der Waals surface area contributed by atoms with Crippen molar-refractivity contribution in [1.82, 2.24) is 4.57 Å². The van der Waals surface area contributed by atoms with E-state index in [1.54, 1.807) is 18.2 Å². The van der Waals surface area contributed by atoms with E-state index in [2.05, 4.69) is 5.32 Å². The molecule has 1 aromatic heterocycles. The third-order valence-corrected chi connectivity index (χ3v) is 4.76. The predicted octanol–water partition coefficient (Wildman–Crippen LogP) is 4.95. The number of ketones is 1. The Morgan fingerprint density at radius 2 is 1.57 bits per heavy atom. The van der Waals surface area contributed by atoms with E-state index in [0.29, 0.717) is 11.2 Å². The van der Waals surface area contributed by atoms with Gasteiger partial charge in [0.05, 0.1) is 5.56 Å². The van der Waals surface area contributed by atoms with Crippen LogP contribution in [0.15, 0.2) is 42.5 Å². The lowest BCUT2D eigenvalue weighted by Gasteiger charge is -2.13. The fraction of sp³-hybridized carbons (Fsp3) is 0.238. The number of carbonyl (C=O) groups excluding carboxylic acids is 2. The number of hydrogen-bond acceptors (Lipinski definition) is 2. The van der Waals surface area contributed by atoms with Crippen molar-refractivity contribution in [2.24, 2.45) is 0 Å². The highest BCUT2D eigenvalue weighted by Gasteiger charge is 2.42. The van der Waals surface area contributed by atoms with Gasteiger partial charge in [-0.15, -0.1) is 0 Å². The average molecular weight is 388 g/mol. The van der Waals surface area contributed by atoms with Crippen LogP contribution in [0.5, 0.6) is 0 Å². The molecule has 0 spiro atoms. The molecular formula is C21H19F3N2O2. The van der Waals surface area contributed by atoms with Gasteiger partial charge in [-0.1, -0.05) is 36.4 Å². The number of nitrogens with zero attached hydrogens (tertiary/aromatic N) is 1. The maximum absolute atomic E-state index is 13.1. The normalized spacial score (nSPS) is 11.6.